The Kier molecular flexibility index (Phi) is 5.60. The first-order chi connectivity index (χ1) is 13.8. The molecule has 0 fully saturated rings. The summed E-state index contributed by atoms with van der Waals surface area (Å²) in [5.41, 5.74) is -2.34. The fourth-order valence-electron chi connectivity index (χ4n) is 3.26. The highest BCUT2D eigenvalue weighted by Crippen LogP contribution is 2.43. The summed E-state index contributed by atoms with van der Waals surface area (Å²) in [5.74, 6) is -1.05. The zero-order valence-corrected chi connectivity index (χ0v) is 17.5. The van der Waals surface area contributed by atoms with E-state index in [-0.39, 0.29) is 16.9 Å². The van der Waals surface area contributed by atoms with Crippen molar-refractivity contribution in [1.82, 2.24) is 0 Å². The van der Waals surface area contributed by atoms with E-state index in [2.05, 4.69) is 0 Å². The van der Waals surface area contributed by atoms with Crippen molar-refractivity contribution in [1.29, 1.82) is 0 Å². The molecule has 0 spiro atoms. The van der Waals surface area contributed by atoms with E-state index in [1.807, 2.05) is 0 Å². The molecule has 3 rings (SSSR count). The molecule has 1 atom stereocenters. The number of hydrogen-bond acceptors (Lipinski definition) is 4. The molecule has 1 heterocycles. The van der Waals surface area contributed by atoms with Crippen LogP contribution in [0.5, 0.6) is 0 Å². The maximum absolute atomic E-state index is 13.6. The van der Waals surface area contributed by atoms with Crippen LogP contribution in [0, 0.1) is 0 Å². The molecular formula is C22H19F3O4S. The smallest absolute Gasteiger partial charge is 0.417 e. The summed E-state index contributed by atoms with van der Waals surface area (Å²) in [5, 5.41) is 0. The first-order valence-corrected chi connectivity index (χ1v) is 10.5. The summed E-state index contributed by atoms with van der Waals surface area (Å²) in [7, 11) is 0. The summed E-state index contributed by atoms with van der Waals surface area (Å²) < 4.78 is 58.1. The number of halogens is 3. The fraction of sp³-hybridized carbons (Fsp3) is 0.273. The highest BCUT2D eigenvalue weighted by atomic mass is 32.2. The lowest BCUT2D eigenvalue weighted by Gasteiger charge is -2.18. The van der Waals surface area contributed by atoms with E-state index in [0.717, 1.165) is 19.1 Å². The molecule has 8 heteroatoms. The van der Waals surface area contributed by atoms with Gasteiger partial charge in [0, 0.05) is 11.1 Å². The van der Waals surface area contributed by atoms with E-state index in [1.54, 1.807) is 24.3 Å². The quantitative estimate of drug-likeness (QED) is 0.506. The Bertz CT molecular complexity index is 1050. The van der Waals surface area contributed by atoms with Crippen LogP contribution in [-0.2, 0) is 26.9 Å². The summed E-state index contributed by atoms with van der Waals surface area (Å²) in [6.45, 7) is 4.12. The second-order valence-electron chi connectivity index (χ2n) is 7.44. The molecule has 0 radical (unpaired) electrons. The summed E-state index contributed by atoms with van der Waals surface area (Å²) in [6, 6.07) is 9.63. The predicted octanol–water partition coefficient (Wildman–Crippen LogP) is 4.89. The van der Waals surface area contributed by atoms with E-state index >= 15 is 0 Å². The van der Waals surface area contributed by atoms with Crippen molar-refractivity contribution in [2.45, 2.75) is 37.4 Å². The minimum atomic E-state index is -4.76. The zero-order chi connectivity index (χ0) is 22.4. The molecule has 158 valence electrons. The molecule has 1 unspecified atom stereocenters. The van der Waals surface area contributed by atoms with Crippen LogP contribution in [0.15, 0.2) is 47.4 Å². The van der Waals surface area contributed by atoms with Gasteiger partial charge < -0.3 is 9.29 Å². The molecular weight excluding hydrogens is 417 g/mol. The van der Waals surface area contributed by atoms with Gasteiger partial charge in [0.2, 0.25) is 5.78 Å². The maximum atomic E-state index is 13.6. The molecule has 0 amide bonds. The maximum Gasteiger partial charge on any atom is 0.417 e. The van der Waals surface area contributed by atoms with E-state index in [0.29, 0.717) is 10.5 Å². The topological polar surface area (TPSA) is 66.4 Å². The molecule has 1 aliphatic rings. The lowest BCUT2D eigenvalue weighted by Crippen LogP contribution is -2.29. The molecule has 0 saturated heterocycles. The van der Waals surface area contributed by atoms with Crippen molar-refractivity contribution in [3.05, 3.63) is 64.7 Å². The first kappa shape index (κ1) is 22.1. The van der Waals surface area contributed by atoms with Crippen LogP contribution in [0.4, 0.5) is 13.2 Å². The van der Waals surface area contributed by atoms with Gasteiger partial charge in [0.25, 0.3) is 0 Å². The lowest BCUT2D eigenvalue weighted by molar-refractivity contribution is -0.138. The second kappa shape index (κ2) is 7.59. The average Bonchev–Trinajstić information content (AvgIpc) is 2.90. The number of rotatable bonds is 4. The first-order valence-electron chi connectivity index (χ1n) is 8.97. The van der Waals surface area contributed by atoms with Gasteiger partial charge in [0.15, 0.2) is 16.3 Å². The van der Waals surface area contributed by atoms with Crippen LogP contribution in [-0.4, -0.2) is 28.0 Å². The number of ether oxygens (including phenoxy) is 1. The van der Waals surface area contributed by atoms with Crippen molar-refractivity contribution in [3.63, 3.8) is 0 Å². The van der Waals surface area contributed by atoms with Crippen molar-refractivity contribution < 1.29 is 32.0 Å². The third kappa shape index (κ3) is 4.02. The summed E-state index contributed by atoms with van der Waals surface area (Å²) >= 11 is -1.21. The van der Waals surface area contributed by atoms with Crippen molar-refractivity contribution in [2.75, 3.05) is 6.26 Å². The number of hydrogen-bond donors (Lipinski definition) is 0. The standard InChI is InChI=1S/C22H19F3O4S/c1-12(26)16-10-7-14(11-17(16)22(23,24)25)18-19(29-21(2,3)20(18)27)13-5-8-15(9-6-13)30(4)28/h5-11H,1-4H3. The minimum absolute atomic E-state index is 0.00553. The number of carbonyl (C=O) groups excluding carboxylic acids is 2. The van der Waals surface area contributed by atoms with Gasteiger partial charge in [-0.1, -0.05) is 12.1 Å². The van der Waals surface area contributed by atoms with Crippen LogP contribution in [0.25, 0.3) is 11.3 Å². The number of carbonyl (C=O) groups is 2. The molecule has 30 heavy (non-hydrogen) atoms. The van der Waals surface area contributed by atoms with Gasteiger partial charge in [-0.15, -0.1) is 0 Å². The van der Waals surface area contributed by atoms with Crippen LogP contribution >= 0.6 is 0 Å². The molecule has 0 N–H and O–H groups in total. The van der Waals surface area contributed by atoms with Crippen LogP contribution in [0.2, 0.25) is 0 Å². The predicted molar refractivity (Wildman–Crippen MR) is 107 cm³/mol. The normalized spacial score (nSPS) is 17.1. The van der Waals surface area contributed by atoms with Gasteiger partial charge in [0.05, 0.1) is 11.1 Å². The van der Waals surface area contributed by atoms with Crippen LogP contribution in [0.1, 0.15) is 47.8 Å². The molecule has 2 aromatic carbocycles. The Morgan fingerprint density at radius 3 is 2.13 bits per heavy atom. The van der Waals surface area contributed by atoms with Crippen LogP contribution in [0.3, 0.4) is 0 Å². The number of ketones is 2. The highest BCUT2D eigenvalue weighted by molar-refractivity contribution is 7.90. The fourth-order valence-corrected chi connectivity index (χ4v) is 3.78. The molecule has 0 bridgehead atoms. The minimum Gasteiger partial charge on any atom is -0.612 e. The number of alkyl halides is 3. The Morgan fingerprint density at radius 1 is 1.07 bits per heavy atom. The Morgan fingerprint density at radius 2 is 1.63 bits per heavy atom. The van der Waals surface area contributed by atoms with E-state index < -0.39 is 45.6 Å². The van der Waals surface area contributed by atoms with Gasteiger partial charge in [-0.3, -0.25) is 9.59 Å². The average molecular weight is 436 g/mol. The molecule has 0 aliphatic carbocycles. The monoisotopic (exact) mass is 436 g/mol. The molecule has 0 aromatic heterocycles. The molecule has 4 nitrogen and oxygen atoms in total. The van der Waals surface area contributed by atoms with Gasteiger partial charge in [-0.2, -0.15) is 13.2 Å². The van der Waals surface area contributed by atoms with Crippen LogP contribution < -0.4 is 0 Å². The van der Waals surface area contributed by atoms with E-state index in [1.165, 1.54) is 26.2 Å². The second-order valence-corrected chi connectivity index (χ2v) is 8.82. The van der Waals surface area contributed by atoms with E-state index in [4.69, 9.17) is 4.74 Å². The Labute approximate surface area is 174 Å². The summed E-state index contributed by atoms with van der Waals surface area (Å²) in [4.78, 5) is 25.2. The number of Topliss-reactive ketones (excluding diaryl/α,β-unsaturated/α-hetero) is 2. The Hall–Kier alpha value is -2.58. The number of benzene rings is 2. The molecule has 2 aromatic rings. The van der Waals surface area contributed by atoms with Crippen molar-refractivity contribution in [3.8, 4) is 0 Å². The van der Waals surface area contributed by atoms with E-state index in [9.17, 15) is 27.3 Å². The van der Waals surface area contributed by atoms with Gasteiger partial charge in [0.1, 0.15) is 12.0 Å². The van der Waals surface area contributed by atoms with Gasteiger partial charge >= 0.3 is 6.18 Å². The summed E-state index contributed by atoms with van der Waals surface area (Å²) in [6.07, 6.45) is -3.24. The molecule has 1 aliphatic heterocycles. The van der Waals surface area contributed by atoms with Crippen molar-refractivity contribution in [2.24, 2.45) is 0 Å². The Balaban J connectivity index is 2.22. The third-order valence-electron chi connectivity index (χ3n) is 4.80. The van der Waals surface area contributed by atoms with Crippen molar-refractivity contribution >= 4 is 34.1 Å². The lowest BCUT2D eigenvalue weighted by atomic mass is 9.90. The third-order valence-corrected chi connectivity index (χ3v) is 5.74. The largest absolute Gasteiger partial charge is 0.612 e. The molecule has 0 saturated carbocycles. The zero-order valence-electron chi connectivity index (χ0n) is 16.7. The highest BCUT2D eigenvalue weighted by Gasteiger charge is 2.44. The SMILES string of the molecule is CC(=O)c1ccc(C2=C(c3ccc([S+](C)[O-])cc3)OC(C)(C)C2=O)cc1C(F)(F)F. The van der Waals surface area contributed by atoms with Gasteiger partial charge in [-0.05, 0) is 67.8 Å². The van der Waals surface area contributed by atoms with Gasteiger partial charge in [-0.25, -0.2) is 0 Å².